The first kappa shape index (κ1) is 13.6. The molecule has 1 aromatic carbocycles. The van der Waals surface area contributed by atoms with Crippen LogP contribution in [0.3, 0.4) is 0 Å². The first-order valence-electron chi connectivity index (χ1n) is 6.52. The van der Waals surface area contributed by atoms with E-state index in [0.29, 0.717) is 5.69 Å². The highest BCUT2D eigenvalue weighted by molar-refractivity contribution is 6.04. The van der Waals surface area contributed by atoms with Gasteiger partial charge in [0.05, 0.1) is 5.52 Å². The number of H-pyrrole nitrogens is 1. The molecule has 19 heavy (non-hydrogen) atoms. The molecule has 1 amide bonds. The van der Waals surface area contributed by atoms with Crippen molar-refractivity contribution in [2.75, 3.05) is 7.05 Å². The molecular formula is C15H21N3O. The summed E-state index contributed by atoms with van der Waals surface area (Å²) in [6.45, 7) is 8.45. The van der Waals surface area contributed by atoms with Gasteiger partial charge in [-0.05, 0) is 18.4 Å². The number of benzene rings is 1. The van der Waals surface area contributed by atoms with Gasteiger partial charge in [0.1, 0.15) is 0 Å². The summed E-state index contributed by atoms with van der Waals surface area (Å²) in [5, 5.41) is 7.94. The van der Waals surface area contributed by atoms with Crippen LogP contribution in [0.2, 0.25) is 0 Å². The fraction of sp³-hybridized carbons (Fsp3) is 0.467. The number of hydrogen-bond acceptors (Lipinski definition) is 2. The fourth-order valence-electron chi connectivity index (χ4n) is 2.05. The number of fused-ring (bicyclic) bond motifs is 1. The zero-order chi connectivity index (χ0) is 14.2. The minimum atomic E-state index is -0.0418. The molecule has 0 radical (unpaired) electrons. The van der Waals surface area contributed by atoms with Crippen LogP contribution in [-0.4, -0.2) is 34.1 Å². The maximum absolute atomic E-state index is 12.6. The topological polar surface area (TPSA) is 49.0 Å². The van der Waals surface area contributed by atoms with Gasteiger partial charge in [-0.25, -0.2) is 0 Å². The number of carbonyl (C=O) groups excluding carboxylic acids is 1. The first-order valence-corrected chi connectivity index (χ1v) is 6.52. The second kappa shape index (κ2) is 4.68. The zero-order valence-corrected chi connectivity index (χ0v) is 12.2. The molecule has 0 saturated carbocycles. The Kier molecular flexibility index (Phi) is 3.35. The van der Waals surface area contributed by atoms with E-state index in [0.717, 1.165) is 10.9 Å². The van der Waals surface area contributed by atoms with Crippen molar-refractivity contribution >= 4 is 16.8 Å². The van der Waals surface area contributed by atoms with Crippen LogP contribution in [0, 0.1) is 5.41 Å². The van der Waals surface area contributed by atoms with Crippen LogP contribution in [0.25, 0.3) is 10.9 Å². The molecule has 0 aliphatic carbocycles. The van der Waals surface area contributed by atoms with Crippen molar-refractivity contribution in [2.45, 2.75) is 33.7 Å². The third kappa shape index (κ3) is 2.48. The molecule has 2 rings (SSSR count). The summed E-state index contributed by atoms with van der Waals surface area (Å²) in [6.07, 6.45) is 0. The lowest BCUT2D eigenvalue weighted by atomic mass is 9.87. The van der Waals surface area contributed by atoms with Crippen LogP contribution in [0.4, 0.5) is 0 Å². The Hall–Kier alpha value is -1.84. The lowest BCUT2D eigenvalue weighted by Gasteiger charge is -2.35. The molecule has 2 aromatic rings. The van der Waals surface area contributed by atoms with E-state index in [4.69, 9.17) is 0 Å². The SMILES string of the molecule is CC(N(C)C(=O)c1n[nH]c2ccccc12)C(C)(C)C. The highest BCUT2D eigenvalue weighted by Gasteiger charge is 2.29. The quantitative estimate of drug-likeness (QED) is 0.901. The van der Waals surface area contributed by atoms with Crippen molar-refractivity contribution in [1.29, 1.82) is 0 Å². The van der Waals surface area contributed by atoms with Crippen LogP contribution in [-0.2, 0) is 0 Å². The van der Waals surface area contributed by atoms with Crippen molar-refractivity contribution in [3.8, 4) is 0 Å². The number of hydrogen-bond donors (Lipinski definition) is 1. The normalized spacial score (nSPS) is 13.5. The molecule has 1 aromatic heterocycles. The van der Waals surface area contributed by atoms with E-state index in [1.165, 1.54) is 0 Å². The molecule has 1 N–H and O–H groups in total. The molecular weight excluding hydrogens is 238 g/mol. The third-order valence-electron chi connectivity index (χ3n) is 3.83. The highest BCUT2D eigenvalue weighted by Crippen LogP contribution is 2.25. The average Bonchev–Trinajstić information content (AvgIpc) is 2.78. The van der Waals surface area contributed by atoms with Gasteiger partial charge in [0.25, 0.3) is 5.91 Å². The molecule has 0 aliphatic heterocycles. The third-order valence-corrected chi connectivity index (χ3v) is 3.83. The van der Waals surface area contributed by atoms with Gasteiger partial charge in [-0.15, -0.1) is 0 Å². The van der Waals surface area contributed by atoms with Crippen LogP contribution < -0.4 is 0 Å². The van der Waals surface area contributed by atoms with Gasteiger partial charge in [-0.2, -0.15) is 5.10 Å². The standard InChI is InChI=1S/C15H21N3O/c1-10(15(2,3)4)18(5)14(19)13-11-8-6-7-9-12(11)16-17-13/h6-10H,1-5H3,(H,16,17). The lowest BCUT2D eigenvalue weighted by molar-refractivity contribution is 0.0625. The second-order valence-electron chi connectivity index (χ2n) is 6.08. The predicted molar refractivity (Wildman–Crippen MR) is 77.1 cm³/mol. The molecule has 0 bridgehead atoms. The molecule has 0 saturated heterocycles. The molecule has 0 aliphatic rings. The first-order chi connectivity index (χ1) is 8.82. The number of aromatic amines is 1. The monoisotopic (exact) mass is 259 g/mol. The van der Waals surface area contributed by atoms with Gasteiger partial charge in [-0.3, -0.25) is 9.89 Å². The van der Waals surface area contributed by atoms with Gasteiger partial charge in [0, 0.05) is 18.5 Å². The Bertz CT molecular complexity index is 595. The average molecular weight is 259 g/mol. The Morgan fingerprint density at radius 1 is 1.32 bits per heavy atom. The number of carbonyl (C=O) groups is 1. The summed E-state index contributed by atoms with van der Waals surface area (Å²) >= 11 is 0. The number of rotatable bonds is 2. The van der Waals surface area contributed by atoms with E-state index in [9.17, 15) is 4.79 Å². The number of amides is 1. The largest absolute Gasteiger partial charge is 0.337 e. The summed E-state index contributed by atoms with van der Waals surface area (Å²) in [4.78, 5) is 14.3. The molecule has 4 heteroatoms. The van der Waals surface area contributed by atoms with E-state index in [2.05, 4.69) is 37.9 Å². The summed E-state index contributed by atoms with van der Waals surface area (Å²) < 4.78 is 0. The molecule has 1 heterocycles. The van der Waals surface area contributed by atoms with Crippen molar-refractivity contribution < 1.29 is 4.79 Å². The molecule has 4 nitrogen and oxygen atoms in total. The lowest BCUT2D eigenvalue weighted by Crippen LogP contribution is -2.43. The maximum Gasteiger partial charge on any atom is 0.274 e. The number of nitrogens with zero attached hydrogens (tertiary/aromatic N) is 2. The minimum absolute atomic E-state index is 0.0382. The van der Waals surface area contributed by atoms with E-state index in [1.807, 2.05) is 31.3 Å². The van der Waals surface area contributed by atoms with Crippen LogP contribution >= 0.6 is 0 Å². The summed E-state index contributed by atoms with van der Waals surface area (Å²) in [5.74, 6) is -0.0418. The summed E-state index contributed by atoms with van der Waals surface area (Å²) in [7, 11) is 1.84. The van der Waals surface area contributed by atoms with E-state index in [1.54, 1.807) is 4.90 Å². The minimum Gasteiger partial charge on any atom is -0.337 e. The van der Waals surface area contributed by atoms with Crippen LogP contribution in [0.15, 0.2) is 24.3 Å². The van der Waals surface area contributed by atoms with Gasteiger partial charge in [0.15, 0.2) is 5.69 Å². The molecule has 0 spiro atoms. The number of para-hydroxylation sites is 1. The van der Waals surface area contributed by atoms with Gasteiger partial charge in [-0.1, -0.05) is 39.0 Å². The Labute approximate surface area is 113 Å². The Morgan fingerprint density at radius 2 is 1.95 bits per heavy atom. The maximum atomic E-state index is 12.6. The van der Waals surface area contributed by atoms with Gasteiger partial charge < -0.3 is 4.90 Å². The van der Waals surface area contributed by atoms with Crippen molar-refractivity contribution in [1.82, 2.24) is 15.1 Å². The van der Waals surface area contributed by atoms with E-state index in [-0.39, 0.29) is 17.4 Å². The highest BCUT2D eigenvalue weighted by atomic mass is 16.2. The van der Waals surface area contributed by atoms with Gasteiger partial charge in [0.2, 0.25) is 0 Å². The van der Waals surface area contributed by atoms with E-state index >= 15 is 0 Å². The predicted octanol–water partition coefficient (Wildman–Crippen LogP) is 3.07. The number of aromatic nitrogens is 2. The number of nitrogens with one attached hydrogen (secondary N) is 1. The fourth-order valence-corrected chi connectivity index (χ4v) is 2.05. The van der Waals surface area contributed by atoms with E-state index < -0.39 is 0 Å². The summed E-state index contributed by atoms with van der Waals surface area (Å²) in [6, 6.07) is 7.82. The van der Waals surface area contributed by atoms with Crippen molar-refractivity contribution in [3.63, 3.8) is 0 Å². The van der Waals surface area contributed by atoms with Crippen LogP contribution in [0.5, 0.6) is 0 Å². The molecule has 0 fully saturated rings. The molecule has 1 unspecified atom stereocenters. The Balaban J connectivity index is 2.34. The smallest absolute Gasteiger partial charge is 0.274 e. The summed E-state index contributed by atoms with van der Waals surface area (Å²) in [5.41, 5.74) is 1.42. The van der Waals surface area contributed by atoms with Crippen molar-refractivity contribution in [2.24, 2.45) is 5.41 Å². The molecule has 1 atom stereocenters. The second-order valence-corrected chi connectivity index (χ2v) is 6.08. The molecule has 102 valence electrons. The van der Waals surface area contributed by atoms with Gasteiger partial charge >= 0.3 is 0 Å². The Morgan fingerprint density at radius 3 is 2.58 bits per heavy atom. The zero-order valence-electron chi connectivity index (χ0n) is 12.2. The van der Waals surface area contributed by atoms with Crippen molar-refractivity contribution in [3.05, 3.63) is 30.0 Å². The van der Waals surface area contributed by atoms with Crippen LogP contribution in [0.1, 0.15) is 38.2 Å².